The Kier molecular flexibility index (Phi) is 9.28. The van der Waals surface area contributed by atoms with E-state index in [1.807, 2.05) is 48.5 Å². The molecule has 188 valence electrons. The van der Waals surface area contributed by atoms with Crippen LogP contribution in [0.15, 0.2) is 84.0 Å². The third-order valence-electron chi connectivity index (χ3n) is 6.54. The van der Waals surface area contributed by atoms with Crippen LogP contribution in [0.2, 0.25) is 0 Å². The molecule has 1 N–H and O–H groups in total. The van der Waals surface area contributed by atoms with Gasteiger partial charge in [0.2, 0.25) is 0 Å². The maximum Gasteiger partial charge on any atom is 0.271 e. The molecule has 1 saturated heterocycles. The van der Waals surface area contributed by atoms with Gasteiger partial charge in [-0.3, -0.25) is 9.69 Å². The van der Waals surface area contributed by atoms with Crippen molar-refractivity contribution in [2.75, 3.05) is 19.7 Å². The first-order chi connectivity index (χ1) is 17.5. The molecule has 1 aliphatic rings. The molecule has 1 amide bonds. The van der Waals surface area contributed by atoms with Gasteiger partial charge in [-0.05, 0) is 97.3 Å². The minimum Gasteiger partial charge on any atom is -0.493 e. The summed E-state index contributed by atoms with van der Waals surface area (Å²) in [6.45, 7) is 8.10. The molecule has 1 fully saturated rings. The molecule has 0 atom stereocenters. The van der Waals surface area contributed by atoms with Crippen molar-refractivity contribution >= 4 is 12.1 Å². The molecule has 36 heavy (non-hydrogen) atoms. The topological polar surface area (TPSA) is 53.9 Å². The van der Waals surface area contributed by atoms with E-state index in [2.05, 4.69) is 59.6 Å². The van der Waals surface area contributed by atoms with E-state index in [4.69, 9.17) is 4.74 Å². The van der Waals surface area contributed by atoms with Crippen LogP contribution < -0.4 is 10.2 Å². The normalized spacial score (nSPS) is 14.9. The standard InChI is InChI=1S/C31H37N3O2/c1-24(2)23-36-30-14-10-27(11-15-30)21-32-33-31(35)29-12-8-28(9-13-29)22-34-18-16-26(17-19-34)20-25-6-4-3-5-7-25/h3-15,21,24,26H,16-20,22-23H2,1-2H3,(H,33,35)/b32-21-. The van der Waals surface area contributed by atoms with E-state index < -0.39 is 0 Å². The zero-order valence-electron chi connectivity index (χ0n) is 21.4. The molecule has 0 aliphatic carbocycles. The maximum absolute atomic E-state index is 12.5. The minimum atomic E-state index is -0.212. The number of likely N-dealkylation sites (tertiary alicyclic amines) is 1. The monoisotopic (exact) mass is 483 g/mol. The first kappa shape index (κ1) is 25.6. The summed E-state index contributed by atoms with van der Waals surface area (Å²) in [5, 5.41) is 4.10. The second-order valence-electron chi connectivity index (χ2n) is 10.1. The van der Waals surface area contributed by atoms with Crippen LogP contribution in [0.4, 0.5) is 0 Å². The van der Waals surface area contributed by atoms with Gasteiger partial charge in [-0.2, -0.15) is 5.10 Å². The summed E-state index contributed by atoms with van der Waals surface area (Å²) >= 11 is 0. The fourth-order valence-electron chi connectivity index (χ4n) is 4.46. The highest BCUT2D eigenvalue weighted by atomic mass is 16.5. The van der Waals surface area contributed by atoms with Crippen molar-refractivity contribution in [1.82, 2.24) is 10.3 Å². The SMILES string of the molecule is CC(C)COc1ccc(/C=N\NC(=O)c2ccc(CN3CCC(Cc4ccccc4)CC3)cc2)cc1. The molecule has 0 saturated carbocycles. The fraction of sp³-hybridized carbons (Fsp3) is 0.355. The second-order valence-corrected chi connectivity index (χ2v) is 10.1. The lowest BCUT2D eigenvalue weighted by molar-refractivity contribution is 0.0955. The van der Waals surface area contributed by atoms with Crippen LogP contribution in [0.3, 0.4) is 0 Å². The quantitative estimate of drug-likeness (QED) is 0.287. The third kappa shape index (κ3) is 8.06. The largest absolute Gasteiger partial charge is 0.493 e. The van der Waals surface area contributed by atoms with Crippen molar-refractivity contribution in [1.29, 1.82) is 0 Å². The number of carbonyl (C=O) groups is 1. The molecule has 1 heterocycles. The van der Waals surface area contributed by atoms with Gasteiger partial charge in [0.05, 0.1) is 12.8 Å². The predicted octanol–water partition coefficient (Wildman–Crippen LogP) is 5.94. The van der Waals surface area contributed by atoms with Crippen LogP contribution >= 0.6 is 0 Å². The van der Waals surface area contributed by atoms with Crippen molar-refractivity contribution in [3.05, 3.63) is 101 Å². The lowest BCUT2D eigenvalue weighted by atomic mass is 9.90. The summed E-state index contributed by atoms with van der Waals surface area (Å²) in [4.78, 5) is 15.0. The van der Waals surface area contributed by atoms with E-state index >= 15 is 0 Å². The Hall–Kier alpha value is -3.44. The highest BCUT2D eigenvalue weighted by molar-refractivity contribution is 5.94. The van der Waals surface area contributed by atoms with Gasteiger partial charge in [-0.25, -0.2) is 5.43 Å². The summed E-state index contributed by atoms with van der Waals surface area (Å²) in [7, 11) is 0. The summed E-state index contributed by atoms with van der Waals surface area (Å²) in [6.07, 6.45) is 5.29. The number of hydrogen-bond donors (Lipinski definition) is 1. The number of hydrazone groups is 1. The molecule has 4 rings (SSSR count). The number of carbonyl (C=O) groups excluding carboxylic acids is 1. The van der Waals surface area contributed by atoms with E-state index in [0.717, 1.165) is 36.9 Å². The number of rotatable bonds is 10. The molecule has 0 spiro atoms. The molecular formula is C31H37N3O2. The van der Waals surface area contributed by atoms with E-state index in [1.54, 1.807) is 6.21 Å². The van der Waals surface area contributed by atoms with Gasteiger partial charge in [-0.15, -0.1) is 0 Å². The van der Waals surface area contributed by atoms with Gasteiger partial charge < -0.3 is 4.74 Å². The molecule has 1 aliphatic heterocycles. The van der Waals surface area contributed by atoms with Crippen LogP contribution in [-0.2, 0) is 13.0 Å². The van der Waals surface area contributed by atoms with Crippen molar-refractivity contribution in [2.24, 2.45) is 16.9 Å². The number of nitrogens with zero attached hydrogens (tertiary/aromatic N) is 2. The van der Waals surface area contributed by atoms with Crippen LogP contribution in [0.5, 0.6) is 5.75 Å². The Morgan fingerprint density at radius 2 is 1.67 bits per heavy atom. The highest BCUT2D eigenvalue weighted by Gasteiger charge is 2.19. The smallest absolute Gasteiger partial charge is 0.271 e. The summed E-state index contributed by atoms with van der Waals surface area (Å²) in [5.74, 6) is 1.88. The zero-order valence-corrected chi connectivity index (χ0v) is 21.4. The van der Waals surface area contributed by atoms with Crippen LogP contribution in [0, 0.1) is 11.8 Å². The zero-order chi connectivity index (χ0) is 25.2. The molecule has 5 nitrogen and oxygen atoms in total. The number of nitrogens with one attached hydrogen (secondary N) is 1. The third-order valence-corrected chi connectivity index (χ3v) is 6.54. The van der Waals surface area contributed by atoms with Crippen molar-refractivity contribution < 1.29 is 9.53 Å². The molecule has 5 heteroatoms. The van der Waals surface area contributed by atoms with Gasteiger partial charge in [0.25, 0.3) is 5.91 Å². The molecule has 0 radical (unpaired) electrons. The maximum atomic E-state index is 12.5. The van der Waals surface area contributed by atoms with Crippen LogP contribution in [0.25, 0.3) is 0 Å². The summed E-state index contributed by atoms with van der Waals surface area (Å²) in [5.41, 5.74) is 6.80. The second kappa shape index (κ2) is 13.0. The molecule has 0 unspecified atom stereocenters. The first-order valence-electron chi connectivity index (χ1n) is 13.0. The molecule has 3 aromatic rings. The van der Waals surface area contributed by atoms with Gasteiger partial charge in [0.15, 0.2) is 0 Å². The Morgan fingerprint density at radius 1 is 0.972 bits per heavy atom. The Labute approximate surface area is 215 Å². The molecule has 3 aromatic carbocycles. The number of ether oxygens (including phenoxy) is 1. The number of hydrogen-bond acceptors (Lipinski definition) is 4. The van der Waals surface area contributed by atoms with Crippen molar-refractivity contribution in [3.8, 4) is 5.75 Å². The van der Waals surface area contributed by atoms with E-state index in [1.165, 1.54) is 30.4 Å². The van der Waals surface area contributed by atoms with Crippen LogP contribution in [0.1, 0.15) is 53.7 Å². The average Bonchev–Trinajstić information content (AvgIpc) is 2.90. The number of amides is 1. The highest BCUT2D eigenvalue weighted by Crippen LogP contribution is 2.23. The molecular weight excluding hydrogens is 446 g/mol. The minimum absolute atomic E-state index is 0.212. The lowest BCUT2D eigenvalue weighted by Gasteiger charge is -2.32. The lowest BCUT2D eigenvalue weighted by Crippen LogP contribution is -2.33. The summed E-state index contributed by atoms with van der Waals surface area (Å²) < 4.78 is 5.69. The van der Waals surface area contributed by atoms with Crippen molar-refractivity contribution in [2.45, 2.75) is 39.7 Å². The summed E-state index contributed by atoms with van der Waals surface area (Å²) in [6, 6.07) is 26.3. The van der Waals surface area contributed by atoms with E-state index in [9.17, 15) is 4.79 Å². The van der Waals surface area contributed by atoms with Gasteiger partial charge in [0.1, 0.15) is 5.75 Å². The molecule has 0 bridgehead atoms. The van der Waals surface area contributed by atoms with Gasteiger partial charge in [-0.1, -0.05) is 56.3 Å². The Balaban J connectivity index is 1.19. The predicted molar refractivity (Wildman–Crippen MR) is 146 cm³/mol. The van der Waals surface area contributed by atoms with E-state index in [-0.39, 0.29) is 5.91 Å². The Morgan fingerprint density at radius 3 is 2.33 bits per heavy atom. The Bertz CT molecular complexity index is 1100. The average molecular weight is 484 g/mol. The fourth-order valence-corrected chi connectivity index (χ4v) is 4.46. The van der Waals surface area contributed by atoms with Crippen molar-refractivity contribution in [3.63, 3.8) is 0 Å². The van der Waals surface area contributed by atoms with E-state index in [0.29, 0.717) is 18.1 Å². The number of piperidine rings is 1. The molecule has 0 aromatic heterocycles. The van der Waals surface area contributed by atoms with Crippen LogP contribution in [-0.4, -0.2) is 36.7 Å². The van der Waals surface area contributed by atoms with Gasteiger partial charge in [0, 0.05) is 12.1 Å². The van der Waals surface area contributed by atoms with Gasteiger partial charge >= 0.3 is 0 Å². The number of benzene rings is 3. The first-order valence-corrected chi connectivity index (χ1v) is 13.0.